The highest BCUT2D eigenvalue weighted by Crippen LogP contribution is 2.34. The molecule has 0 radical (unpaired) electrons. The van der Waals surface area contributed by atoms with E-state index in [-0.39, 0.29) is 5.69 Å². The van der Waals surface area contributed by atoms with E-state index in [9.17, 15) is 14.7 Å². The van der Waals surface area contributed by atoms with Crippen LogP contribution in [0.5, 0.6) is 0 Å². The van der Waals surface area contributed by atoms with E-state index in [1.165, 1.54) is 0 Å². The molecular formula is C17H21N3O3. The number of aromatic nitrogens is 2. The maximum absolute atomic E-state index is 12.6. The summed E-state index contributed by atoms with van der Waals surface area (Å²) >= 11 is 0. The summed E-state index contributed by atoms with van der Waals surface area (Å²) in [7, 11) is 0. The summed E-state index contributed by atoms with van der Waals surface area (Å²) < 4.78 is 0. The zero-order valence-corrected chi connectivity index (χ0v) is 13.1. The Morgan fingerprint density at radius 2 is 2.04 bits per heavy atom. The lowest BCUT2D eigenvalue weighted by Crippen LogP contribution is -2.56. The first-order valence-corrected chi connectivity index (χ1v) is 8.05. The molecule has 0 spiro atoms. The van der Waals surface area contributed by atoms with Crippen molar-refractivity contribution >= 4 is 22.8 Å². The van der Waals surface area contributed by atoms with Gasteiger partial charge in [-0.1, -0.05) is 31.5 Å². The fraction of sp³-hybridized carbons (Fsp3) is 0.471. The molecule has 1 aliphatic rings. The Morgan fingerprint density at radius 1 is 1.35 bits per heavy atom. The number of amides is 1. The maximum atomic E-state index is 12.6. The van der Waals surface area contributed by atoms with E-state index in [1.807, 2.05) is 18.2 Å². The minimum Gasteiger partial charge on any atom is -0.480 e. The summed E-state index contributed by atoms with van der Waals surface area (Å²) in [6.45, 7) is 2.12. The first-order chi connectivity index (χ1) is 11.1. The standard InChI is InChI=1S/C17H21N3O3/c1-2-11-7-9-17(10-8-11,16(22)23)18-15(21)14-12-5-3-4-6-13(12)19-20-14/h3-6,11H,2,7-10H2,1H3,(H,18,21)(H,19,20)(H,22,23). The van der Waals surface area contributed by atoms with Gasteiger partial charge in [0.05, 0.1) is 5.52 Å². The third-order valence-electron chi connectivity index (χ3n) is 4.98. The number of aromatic amines is 1. The van der Waals surface area contributed by atoms with Crippen LogP contribution in [0.2, 0.25) is 0 Å². The minimum atomic E-state index is -1.18. The van der Waals surface area contributed by atoms with E-state index in [2.05, 4.69) is 22.4 Å². The molecule has 1 fully saturated rings. The van der Waals surface area contributed by atoms with E-state index < -0.39 is 17.4 Å². The van der Waals surface area contributed by atoms with Gasteiger partial charge in [-0.3, -0.25) is 9.89 Å². The number of rotatable bonds is 4. The molecule has 0 aliphatic heterocycles. The first kappa shape index (κ1) is 15.5. The molecule has 1 aromatic carbocycles. The fourth-order valence-corrected chi connectivity index (χ4v) is 3.38. The Morgan fingerprint density at radius 3 is 2.70 bits per heavy atom. The van der Waals surface area contributed by atoms with Crippen molar-refractivity contribution in [3.8, 4) is 0 Å². The summed E-state index contributed by atoms with van der Waals surface area (Å²) in [6.07, 6.45) is 3.63. The average Bonchev–Trinajstić information content (AvgIpc) is 2.99. The highest BCUT2D eigenvalue weighted by atomic mass is 16.4. The number of hydrogen-bond donors (Lipinski definition) is 3. The lowest BCUT2D eigenvalue weighted by Gasteiger charge is -2.37. The Kier molecular flexibility index (Phi) is 4.07. The molecule has 1 aromatic heterocycles. The SMILES string of the molecule is CCC1CCC(NC(=O)c2n[nH]c3ccccc23)(C(=O)O)CC1. The van der Waals surface area contributed by atoms with Gasteiger partial charge < -0.3 is 10.4 Å². The van der Waals surface area contributed by atoms with E-state index in [4.69, 9.17) is 0 Å². The summed E-state index contributed by atoms with van der Waals surface area (Å²) in [4.78, 5) is 24.4. The van der Waals surface area contributed by atoms with Crippen LogP contribution in [0.3, 0.4) is 0 Å². The molecule has 1 amide bonds. The van der Waals surface area contributed by atoms with Crippen molar-refractivity contribution in [3.05, 3.63) is 30.0 Å². The van der Waals surface area contributed by atoms with E-state index in [1.54, 1.807) is 6.07 Å². The monoisotopic (exact) mass is 315 g/mol. The van der Waals surface area contributed by atoms with Gasteiger partial charge in [0.1, 0.15) is 5.54 Å². The third kappa shape index (κ3) is 2.81. The predicted octanol–water partition coefficient (Wildman–Crippen LogP) is 2.72. The van der Waals surface area contributed by atoms with Crippen LogP contribution >= 0.6 is 0 Å². The first-order valence-electron chi connectivity index (χ1n) is 8.05. The average molecular weight is 315 g/mol. The van der Waals surface area contributed by atoms with Crippen LogP contribution in [0, 0.1) is 5.92 Å². The number of nitrogens with one attached hydrogen (secondary N) is 2. The Balaban J connectivity index is 1.83. The number of nitrogens with zero attached hydrogens (tertiary/aromatic N) is 1. The molecule has 0 atom stereocenters. The van der Waals surface area contributed by atoms with Gasteiger partial charge in [0.25, 0.3) is 5.91 Å². The largest absolute Gasteiger partial charge is 0.480 e. The Bertz CT molecular complexity index is 730. The topological polar surface area (TPSA) is 95.1 Å². The van der Waals surface area contributed by atoms with Gasteiger partial charge in [0.15, 0.2) is 5.69 Å². The highest BCUT2D eigenvalue weighted by Gasteiger charge is 2.43. The fourth-order valence-electron chi connectivity index (χ4n) is 3.38. The lowest BCUT2D eigenvalue weighted by molar-refractivity contribution is -0.146. The molecule has 3 N–H and O–H groups in total. The second-order valence-corrected chi connectivity index (χ2v) is 6.31. The summed E-state index contributed by atoms with van der Waals surface area (Å²) in [5, 5.41) is 20.0. The number of carboxylic acids is 1. The van der Waals surface area contributed by atoms with Crippen LogP contribution < -0.4 is 5.32 Å². The summed E-state index contributed by atoms with van der Waals surface area (Å²) in [6, 6.07) is 7.31. The quantitative estimate of drug-likeness (QED) is 0.808. The lowest BCUT2D eigenvalue weighted by atomic mass is 9.75. The molecule has 23 heavy (non-hydrogen) atoms. The number of H-pyrrole nitrogens is 1. The maximum Gasteiger partial charge on any atom is 0.329 e. The number of aliphatic carboxylic acids is 1. The number of para-hydroxylation sites is 1. The summed E-state index contributed by atoms with van der Waals surface area (Å²) in [5.74, 6) is -0.842. The van der Waals surface area contributed by atoms with Crippen molar-refractivity contribution < 1.29 is 14.7 Å². The van der Waals surface area contributed by atoms with Gasteiger partial charge in [-0.05, 0) is 37.7 Å². The predicted molar refractivity (Wildman–Crippen MR) is 86.2 cm³/mol. The number of fused-ring (bicyclic) bond motifs is 1. The molecule has 122 valence electrons. The molecule has 1 heterocycles. The molecule has 1 saturated carbocycles. The van der Waals surface area contributed by atoms with Gasteiger partial charge in [0, 0.05) is 5.39 Å². The number of carbonyl (C=O) groups is 2. The summed E-state index contributed by atoms with van der Waals surface area (Å²) in [5.41, 5.74) is -0.168. The second-order valence-electron chi connectivity index (χ2n) is 6.31. The van der Waals surface area contributed by atoms with Crippen molar-refractivity contribution in [1.82, 2.24) is 15.5 Å². The number of carbonyl (C=O) groups excluding carboxylic acids is 1. The van der Waals surface area contributed by atoms with Crippen molar-refractivity contribution in [3.63, 3.8) is 0 Å². The smallest absolute Gasteiger partial charge is 0.329 e. The van der Waals surface area contributed by atoms with Gasteiger partial charge in [-0.2, -0.15) is 5.10 Å². The van der Waals surface area contributed by atoms with Gasteiger partial charge in [-0.25, -0.2) is 4.79 Å². The van der Waals surface area contributed by atoms with E-state index in [0.29, 0.717) is 24.1 Å². The highest BCUT2D eigenvalue weighted by molar-refractivity contribution is 6.06. The second kappa shape index (κ2) is 6.02. The molecule has 6 heteroatoms. The van der Waals surface area contributed by atoms with Crippen molar-refractivity contribution in [2.45, 2.75) is 44.6 Å². The molecule has 0 unspecified atom stereocenters. The molecule has 0 saturated heterocycles. The molecule has 3 rings (SSSR count). The van der Waals surface area contributed by atoms with Crippen LogP contribution in [0.15, 0.2) is 24.3 Å². The molecular weight excluding hydrogens is 294 g/mol. The van der Waals surface area contributed by atoms with Crippen molar-refractivity contribution in [2.24, 2.45) is 5.92 Å². The molecule has 1 aliphatic carbocycles. The number of hydrogen-bond acceptors (Lipinski definition) is 3. The zero-order valence-electron chi connectivity index (χ0n) is 13.1. The molecule has 2 aromatic rings. The minimum absolute atomic E-state index is 0.249. The third-order valence-corrected chi connectivity index (χ3v) is 4.98. The van der Waals surface area contributed by atoms with Crippen LogP contribution in [0.1, 0.15) is 49.5 Å². The normalized spacial score (nSPS) is 24.5. The molecule has 6 nitrogen and oxygen atoms in total. The van der Waals surface area contributed by atoms with Gasteiger partial charge >= 0.3 is 5.97 Å². The number of benzene rings is 1. The number of carboxylic acid groups (broad SMARTS) is 1. The van der Waals surface area contributed by atoms with Crippen LogP contribution in [0.25, 0.3) is 10.9 Å². The Hall–Kier alpha value is -2.37. The van der Waals surface area contributed by atoms with Crippen LogP contribution in [-0.4, -0.2) is 32.7 Å². The van der Waals surface area contributed by atoms with Crippen molar-refractivity contribution in [1.29, 1.82) is 0 Å². The van der Waals surface area contributed by atoms with E-state index >= 15 is 0 Å². The zero-order chi connectivity index (χ0) is 16.4. The van der Waals surface area contributed by atoms with Crippen LogP contribution in [0.4, 0.5) is 0 Å². The molecule has 0 bridgehead atoms. The van der Waals surface area contributed by atoms with Gasteiger partial charge in [-0.15, -0.1) is 0 Å². The van der Waals surface area contributed by atoms with Gasteiger partial charge in [0.2, 0.25) is 0 Å². The van der Waals surface area contributed by atoms with Crippen molar-refractivity contribution in [2.75, 3.05) is 0 Å². The Labute approximate surface area is 134 Å². The van der Waals surface area contributed by atoms with Crippen LogP contribution in [-0.2, 0) is 4.79 Å². The van der Waals surface area contributed by atoms with E-state index in [0.717, 1.165) is 24.8 Å².